The number of hydrogen-bond donors (Lipinski definition) is 2. The minimum absolute atomic E-state index is 0.0365. The number of rotatable bonds is 1. The van der Waals surface area contributed by atoms with Crippen LogP contribution in [0.3, 0.4) is 0 Å². The molecule has 2 N–H and O–H groups in total. The van der Waals surface area contributed by atoms with Gasteiger partial charge in [-0.2, -0.15) is 4.98 Å². The Morgan fingerprint density at radius 3 is 2.67 bits per heavy atom. The van der Waals surface area contributed by atoms with Crippen LogP contribution in [0.25, 0.3) is 27.7 Å². The molecule has 3 aliphatic rings. The van der Waals surface area contributed by atoms with Gasteiger partial charge in [-0.15, -0.1) is 0 Å². The van der Waals surface area contributed by atoms with E-state index in [1.165, 1.54) is 40.5 Å². The lowest BCUT2D eigenvalue weighted by Crippen LogP contribution is -2.47. The van der Waals surface area contributed by atoms with Gasteiger partial charge in [0.05, 0.1) is 16.2 Å². The van der Waals surface area contributed by atoms with Crippen molar-refractivity contribution in [2.45, 2.75) is 0 Å². The Hall–Kier alpha value is -4.11. The molecule has 0 unspecified atom stereocenters. The number of fused-ring (bicyclic) bond motifs is 2. The number of carbonyl (C=O) groups is 1. The molecule has 0 amide bonds. The summed E-state index contributed by atoms with van der Waals surface area (Å²) in [5.74, 6) is -0.111. The molecule has 0 saturated heterocycles. The third-order valence-corrected chi connectivity index (χ3v) is 5.61. The van der Waals surface area contributed by atoms with E-state index in [0.29, 0.717) is 20.8 Å². The maximum absolute atomic E-state index is 12.7. The SMILES string of the molecule is N=c1c(=Cc2coc3ccccc3c2=O)c(=O)nc2sc(=C3C=CC(=O)C=C3)[nH]n1-2. The molecule has 1 aromatic carbocycles. The number of ketones is 1. The molecular weight excluding hydrogens is 404 g/mol. The molecular formula is C21H12N4O4S. The summed E-state index contributed by atoms with van der Waals surface area (Å²) in [7, 11) is 0. The number of para-hydroxylation sites is 1. The number of hydrogen-bond acceptors (Lipinski definition) is 7. The smallest absolute Gasteiger partial charge is 0.283 e. The molecule has 2 aliphatic heterocycles. The second kappa shape index (κ2) is 6.75. The lowest BCUT2D eigenvalue weighted by atomic mass is 10.1. The topological polar surface area (TPSA) is 122 Å². The maximum atomic E-state index is 12.7. The molecule has 9 heteroatoms. The van der Waals surface area contributed by atoms with Crippen LogP contribution in [0.1, 0.15) is 5.56 Å². The number of nitrogens with zero attached hydrogens (tertiary/aromatic N) is 2. The van der Waals surface area contributed by atoms with Crippen molar-refractivity contribution in [1.82, 2.24) is 14.8 Å². The summed E-state index contributed by atoms with van der Waals surface area (Å²) in [5, 5.41) is 12.1. The average molecular weight is 416 g/mol. The Kier molecular flexibility index (Phi) is 4.04. The number of H-pyrrole nitrogens is 1. The zero-order valence-electron chi connectivity index (χ0n) is 15.2. The molecule has 0 atom stereocenters. The average Bonchev–Trinajstić information content (AvgIpc) is 3.17. The molecule has 1 aromatic heterocycles. The predicted molar refractivity (Wildman–Crippen MR) is 111 cm³/mol. The summed E-state index contributed by atoms with van der Waals surface area (Å²) < 4.78 is 7.48. The zero-order chi connectivity index (χ0) is 20.8. The van der Waals surface area contributed by atoms with Gasteiger partial charge >= 0.3 is 0 Å². The fraction of sp³-hybridized carbons (Fsp3) is 0. The van der Waals surface area contributed by atoms with Crippen molar-refractivity contribution in [3.05, 3.63) is 96.3 Å². The van der Waals surface area contributed by atoms with Crippen LogP contribution in [0.4, 0.5) is 0 Å². The molecule has 146 valence electrons. The minimum atomic E-state index is -0.621. The molecule has 8 nitrogen and oxygen atoms in total. The lowest BCUT2D eigenvalue weighted by Gasteiger charge is -2.00. The Balaban J connectivity index is 1.77. The van der Waals surface area contributed by atoms with E-state index in [-0.39, 0.29) is 27.5 Å². The monoisotopic (exact) mass is 416 g/mol. The van der Waals surface area contributed by atoms with Gasteiger partial charge in [-0.1, -0.05) is 23.5 Å². The van der Waals surface area contributed by atoms with Crippen molar-refractivity contribution in [2.24, 2.45) is 0 Å². The number of allylic oxidation sites excluding steroid dienone is 4. The molecule has 30 heavy (non-hydrogen) atoms. The van der Waals surface area contributed by atoms with E-state index in [1.54, 1.807) is 36.4 Å². The number of carbonyl (C=O) groups excluding carboxylic acids is 1. The van der Waals surface area contributed by atoms with Crippen LogP contribution in [0.2, 0.25) is 0 Å². The third-order valence-electron chi connectivity index (χ3n) is 4.63. The molecule has 2 aromatic rings. The van der Waals surface area contributed by atoms with Gasteiger partial charge in [0.2, 0.25) is 5.13 Å². The first-order valence-corrected chi connectivity index (χ1v) is 9.66. The van der Waals surface area contributed by atoms with E-state index in [9.17, 15) is 14.4 Å². The standard InChI is InChI=1S/C21H12N4O4S/c22-18-15(9-12-10-29-16-4-2-1-3-14(16)17(12)27)19(28)23-21-25(18)24-20(30-21)11-5-7-13(26)8-6-11/h1-10,22,24H. The van der Waals surface area contributed by atoms with Gasteiger partial charge in [0, 0.05) is 5.57 Å². The second-order valence-corrected chi connectivity index (χ2v) is 7.50. The maximum Gasteiger partial charge on any atom is 0.283 e. The van der Waals surface area contributed by atoms with E-state index in [0.717, 1.165) is 5.57 Å². The Morgan fingerprint density at radius 1 is 1.10 bits per heavy atom. The fourth-order valence-electron chi connectivity index (χ4n) is 3.11. The zero-order valence-corrected chi connectivity index (χ0v) is 16.0. The summed E-state index contributed by atoms with van der Waals surface area (Å²) >= 11 is 1.18. The highest BCUT2D eigenvalue weighted by Crippen LogP contribution is 2.11. The van der Waals surface area contributed by atoms with Gasteiger partial charge in [-0.05, 0) is 42.5 Å². The van der Waals surface area contributed by atoms with Gasteiger partial charge < -0.3 is 4.42 Å². The van der Waals surface area contributed by atoms with Crippen LogP contribution in [-0.2, 0) is 4.79 Å². The van der Waals surface area contributed by atoms with E-state index < -0.39 is 5.56 Å². The van der Waals surface area contributed by atoms with Gasteiger partial charge in [-0.25, -0.2) is 4.68 Å². The van der Waals surface area contributed by atoms with E-state index in [4.69, 9.17) is 9.83 Å². The van der Waals surface area contributed by atoms with Crippen molar-refractivity contribution in [3.8, 4) is 5.13 Å². The van der Waals surface area contributed by atoms with E-state index in [1.807, 2.05) is 0 Å². The number of aromatic nitrogens is 3. The normalized spacial score (nSPS) is 14.3. The van der Waals surface area contributed by atoms with Crippen molar-refractivity contribution in [3.63, 3.8) is 0 Å². The number of aromatic amines is 1. The van der Waals surface area contributed by atoms with Gasteiger partial charge in [0.1, 0.15) is 16.5 Å². The van der Waals surface area contributed by atoms with Crippen LogP contribution in [0.5, 0.6) is 0 Å². The van der Waals surface area contributed by atoms with Crippen LogP contribution in [0, 0.1) is 5.41 Å². The Labute approximate surface area is 170 Å². The summed E-state index contributed by atoms with van der Waals surface area (Å²) in [4.78, 5) is 40.6. The predicted octanol–water partition coefficient (Wildman–Crippen LogP) is 0.320. The first-order valence-electron chi connectivity index (χ1n) is 8.84. The Morgan fingerprint density at radius 2 is 1.87 bits per heavy atom. The quantitative estimate of drug-likeness (QED) is 0.463. The first kappa shape index (κ1) is 18.0. The highest BCUT2D eigenvalue weighted by Gasteiger charge is 2.13. The van der Waals surface area contributed by atoms with Gasteiger partial charge in [0.15, 0.2) is 16.7 Å². The molecule has 0 bridgehead atoms. The number of nitrogens with one attached hydrogen (secondary N) is 2. The summed E-state index contributed by atoms with van der Waals surface area (Å²) in [6, 6.07) is 6.80. The summed E-state index contributed by atoms with van der Waals surface area (Å²) in [5.41, 5.74) is 0.273. The van der Waals surface area contributed by atoms with Crippen LogP contribution in [0.15, 0.2) is 68.8 Å². The first-order chi connectivity index (χ1) is 14.5. The molecule has 0 radical (unpaired) electrons. The van der Waals surface area contributed by atoms with Crippen LogP contribution in [-0.4, -0.2) is 20.5 Å². The van der Waals surface area contributed by atoms with E-state index >= 15 is 0 Å². The molecule has 5 rings (SSSR count). The third kappa shape index (κ3) is 2.88. The van der Waals surface area contributed by atoms with Crippen molar-refractivity contribution < 1.29 is 9.21 Å². The Bertz CT molecular complexity index is 1660. The fourth-order valence-corrected chi connectivity index (χ4v) is 4.04. The summed E-state index contributed by atoms with van der Waals surface area (Å²) in [6.45, 7) is 0. The highest BCUT2D eigenvalue weighted by atomic mass is 32.1. The molecule has 1 aliphatic carbocycles. The van der Waals surface area contributed by atoms with E-state index in [2.05, 4.69) is 10.1 Å². The summed E-state index contributed by atoms with van der Waals surface area (Å²) in [6.07, 6.45) is 8.76. The van der Waals surface area contributed by atoms with Crippen molar-refractivity contribution in [2.75, 3.05) is 0 Å². The highest BCUT2D eigenvalue weighted by molar-refractivity contribution is 7.11. The number of benzene rings is 1. The molecule has 0 saturated carbocycles. The lowest BCUT2D eigenvalue weighted by molar-refractivity contribution is -0.110. The minimum Gasteiger partial charge on any atom is -0.463 e. The van der Waals surface area contributed by atoms with Crippen molar-refractivity contribution in [1.29, 1.82) is 5.41 Å². The molecule has 0 fully saturated rings. The largest absolute Gasteiger partial charge is 0.463 e. The molecule has 3 heterocycles. The van der Waals surface area contributed by atoms with Crippen LogP contribution >= 0.6 is 11.3 Å². The molecule has 0 spiro atoms. The van der Waals surface area contributed by atoms with Crippen LogP contribution < -0.4 is 26.4 Å². The van der Waals surface area contributed by atoms with Gasteiger partial charge in [-0.3, -0.25) is 24.9 Å². The second-order valence-electron chi connectivity index (χ2n) is 6.53. The van der Waals surface area contributed by atoms with Gasteiger partial charge in [0.25, 0.3) is 5.56 Å². The van der Waals surface area contributed by atoms with Crippen molar-refractivity contribution >= 4 is 39.7 Å².